The van der Waals surface area contributed by atoms with E-state index in [0.29, 0.717) is 41.1 Å². The molecule has 14 heteroatoms. The van der Waals surface area contributed by atoms with Crippen molar-refractivity contribution in [1.82, 2.24) is 24.5 Å². The minimum atomic E-state index is -1.52. The molecule has 5 aromatic rings. The number of carboxylic acid groups (broad SMARTS) is 1. The molecule has 0 saturated carbocycles. The molecule has 0 bridgehead atoms. The van der Waals surface area contributed by atoms with E-state index in [9.17, 15) is 19.1 Å². The largest absolute Gasteiger partial charge is 0.477 e. The molecule has 2 aliphatic heterocycles. The van der Waals surface area contributed by atoms with Gasteiger partial charge in [0.15, 0.2) is 17.3 Å². The van der Waals surface area contributed by atoms with Crippen LogP contribution in [0.2, 0.25) is 0 Å². The standard InChI is InChI=1S/C29H27F3N8O3/c1-33-18-7-17(30)22(31)20-21-24(39-5-4-29(32)12-38(3)11-19(29)39)15(9-35-26(21)37-23(18)20)13-6-14-25(41)16(28(42)43)10-40(34-2)27(14)36-8-13/h6-10,19,33-34H,4-5,11-12H2,1-3H3,(H,35,37)(H,42,43)/t19-,29-/m0/s1. The molecule has 2 fully saturated rings. The Morgan fingerprint density at radius 3 is 2.70 bits per heavy atom. The smallest absolute Gasteiger partial charge is 0.341 e. The molecule has 2 atom stereocenters. The van der Waals surface area contributed by atoms with Gasteiger partial charge in [0.1, 0.15) is 16.9 Å². The van der Waals surface area contributed by atoms with Crippen LogP contribution in [0.5, 0.6) is 0 Å². The molecule has 222 valence electrons. The molecule has 2 saturated heterocycles. The van der Waals surface area contributed by atoms with Crippen molar-refractivity contribution in [2.75, 3.05) is 56.4 Å². The van der Waals surface area contributed by atoms with Crippen LogP contribution in [0.1, 0.15) is 16.8 Å². The van der Waals surface area contributed by atoms with Gasteiger partial charge in [-0.15, -0.1) is 0 Å². The van der Waals surface area contributed by atoms with E-state index in [0.717, 1.165) is 12.3 Å². The molecule has 0 unspecified atom stereocenters. The predicted molar refractivity (Wildman–Crippen MR) is 157 cm³/mol. The lowest BCUT2D eigenvalue weighted by atomic mass is 9.98. The van der Waals surface area contributed by atoms with Crippen molar-refractivity contribution >= 4 is 50.3 Å². The summed E-state index contributed by atoms with van der Waals surface area (Å²) in [5, 5.41) is 12.8. The van der Waals surface area contributed by atoms with Crippen LogP contribution in [0.15, 0.2) is 35.5 Å². The van der Waals surface area contributed by atoms with Gasteiger partial charge < -0.3 is 30.6 Å². The van der Waals surface area contributed by atoms with Crippen molar-refractivity contribution in [1.29, 1.82) is 0 Å². The number of hydrogen-bond donors (Lipinski definition) is 4. The molecule has 4 N–H and O–H groups in total. The molecule has 0 amide bonds. The first kappa shape index (κ1) is 27.0. The van der Waals surface area contributed by atoms with Gasteiger partial charge in [0.25, 0.3) is 0 Å². The first-order valence-corrected chi connectivity index (χ1v) is 13.7. The number of halogens is 3. The molecule has 4 aromatic heterocycles. The Kier molecular flexibility index (Phi) is 5.86. The van der Waals surface area contributed by atoms with Gasteiger partial charge in [0.05, 0.1) is 39.1 Å². The first-order chi connectivity index (χ1) is 20.6. The predicted octanol–water partition coefficient (Wildman–Crippen LogP) is 3.52. The molecule has 0 radical (unpaired) electrons. The Balaban J connectivity index is 1.58. The third kappa shape index (κ3) is 3.78. The number of anilines is 2. The van der Waals surface area contributed by atoms with Crippen LogP contribution in [0, 0.1) is 11.6 Å². The summed E-state index contributed by atoms with van der Waals surface area (Å²) in [4.78, 5) is 41.0. The molecule has 0 spiro atoms. The average Bonchev–Trinajstić information content (AvgIpc) is 3.62. The molecule has 6 heterocycles. The number of aromatic carboxylic acids is 1. The SMILES string of the molecule is CNc1cc(F)c(F)c2c1[nH]c1ncc(-c3cnc4c(c3)c(=O)c(C(=O)O)cn4NC)c(N3CC[C@]4(F)CN(C)C[C@H]34)c12. The van der Waals surface area contributed by atoms with Crippen molar-refractivity contribution in [2.24, 2.45) is 0 Å². The Hall–Kier alpha value is -4.85. The van der Waals surface area contributed by atoms with Crippen LogP contribution in [0.4, 0.5) is 24.5 Å². The molecule has 1 aromatic carbocycles. The van der Waals surface area contributed by atoms with Crippen LogP contribution in [0.25, 0.3) is 44.1 Å². The number of likely N-dealkylation sites (N-methyl/N-ethyl adjacent to an activating group) is 1. The lowest BCUT2D eigenvalue weighted by Crippen LogP contribution is -2.40. The minimum Gasteiger partial charge on any atom is -0.477 e. The van der Waals surface area contributed by atoms with E-state index in [1.165, 1.54) is 23.1 Å². The maximum atomic E-state index is 16.2. The zero-order valence-electron chi connectivity index (χ0n) is 23.4. The number of fused-ring (bicyclic) bond motifs is 5. The quantitative estimate of drug-likeness (QED) is 0.242. The summed E-state index contributed by atoms with van der Waals surface area (Å²) in [6.07, 6.45) is 4.41. The summed E-state index contributed by atoms with van der Waals surface area (Å²) in [6, 6.07) is 1.98. The van der Waals surface area contributed by atoms with E-state index in [1.54, 1.807) is 14.1 Å². The minimum absolute atomic E-state index is 0.0216. The highest BCUT2D eigenvalue weighted by atomic mass is 19.2. The molecule has 2 aliphatic rings. The second-order valence-electron chi connectivity index (χ2n) is 11.1. The number of H-pyrrole nitrogens is 1. The highest BCUT2D eigenvalue weighted by molar-refractivity contribution is 6.18. The van der Waals surface area contributed by atoms with E-state index >= 15 is 8.78 Å². The zero-order chi connectivity index (χ0) is 30.4. The van der Waals surface area contributed by atoms with Gasteiger partial charge in [0, 0.05) is 75.9 Å². The van der Waals surface area contributed by atoms with Crippen LogP contribution in [-0.4, -0.2) is 88.1 Å². The molecule has 11 nitrogen and oxygen atoms in total. The second-order valence-corrected chi connectivity index (χ2v) is 11.1. The van der Waals surface area contributed by atoms with Gasteiger partial charge in [-0.1, -0.05) is 0 Å². The van der Waals surface area contributed by atoms with Gasteiger partial charge in [-0.3, -0.25) is 4.79 Å². The van der Waals surface area contributed by atoms with Crippen LogP contribution in [0.3, 0.4) is 0 Å². The number of hydrogen-bond acceptors (Lipinski definition) is 8. The summed E-state index contributed by atoms with van der Waals surface area (Å²) in [6.45, 7) is 0.948. The maximum absolute atomic E-state index is 16.2. The third-order valence-electron chi connectivity index (χ3n) is 8.70. The Bertz CT molecular complexity index is 2060. The number of rotatable bonds is 5. The normalized spacial score (nSPS) is 20.4. The molecule has 7 rings (SSSR count). The van der Waals surface area contributed by atoms with E-state index in [-0.39, 0.29) is 40.4 Å². The summed E-state index contributed by atoms with van der Waals surface area (Å²) in [5.74, 6) is -3.53. The summed E-state index contributed by atoms with van der Waals surface area (Å²) in [5.41, 5.74) is 2.38. The highest BCUT2D eigenvalue weighted by Gasteiger charge is 2.54. The lowest BCUT2D eigenvalue weighted by molar-refractivity contribution is 0.0695. The van der Waals surface area contributed by atoms with Crippen molar-refractivity contribution < 1.29 is 23.1 Å². The second kappa shape index (κ2) is 9.33. The van der Waals surface area contributed by atoms with E-state index in [2.05, 4.69) is 25.7 Å². The Labute approximate surface area is 241 Å². The van der Waals surface area contributed by atoms with Crippen molar-refractivity contribution in [3.63, 3.8) is 0 Å². The number of carbonyl (C=O) groups is 1. The number of nitrogens with zero attached hydrogens (tertiary/aromatic N) is 5. The topological polar surface area (TPSA) is 131 Å². The number of aromatic amines is 1. The summed E-state index contributed by atoms with van der Waals surface area (Å²) >= 11 is 0. The number of carboxylic acids is 1. The fourth-order valence-electron chi connectivity index (χ4n) is 6.76. The average molecular weight is 593 g/mol. The number of likely N-dealkylation sites (tertiary alicyclic amines) is 1. The maximum Gasteiger partial charge on any atom is 0.341 e. The van der Waals surface area contributed by atoms with Gasteiger partial charge >= 0.3 is 5.97 Å². The fourth-order valence-corrected chi connectivity index (χ4v) is 6.76. The van der Waals surface area contributed by atoms with Gasteiger partial charge in [-0.05, 0) is 13.1 Å². The van der Waals surface area contributed by atoms with Crippen molar-refractivity contribution in [2.45, 2.75) is 18.1 Å². The van der Waals surface area contributed by atoms with Crippen molar-refractivity contribution in [3.05, 3.63) is 58.1 Å². The van der Waals surface area contributed by atoms with E-state index in [4.69, 9.17) is 0 Å². The van der Waals surface area contributed by atoms with Gasteiger partial charge in [0.2, 0.25) is 5.43 Å². The van der Waals surface area contributed by atoms with Crippen molar-refractivity contribution in [3.8, 4) is 11.1 Å². The van der Waals surface area contributed by atoms with Gasteiger partial charge in [-0.2, -0.15) is 0 Å². The molecular formula is C29H27F3N8O3. The van der Waals surface area contributed by atoms with Crippen LogP contribution >= 0.6 is 0 Å². The third-order valence-corrected chi connectivity index (χ3v) is 8.70. The van der Waals surface area contributed by atoms with E-state index < -0.39 is 40.3 Å². The Morgan fingerprint density at radius 1 is 1.19 bits per heavy atom. The number of nitrogens with one attached hydrogen (secondary N) is 3. The number of pyridine rings is 3. The van der Waals surface area contributed by atoms with Gasteiger partial charge in [-0.25, -0.2) is 32.6 Å². The molecule has 43 heavy (non-hydrogen) atoms. The zero-order valence-corrected chi connectivity index (χ0v) is 23.4. The summed E-state index contributed by atoms with van der Waals surface area (Å²) in [7, 11) is 4.98. The number of aromatic nitrogens is 4. The highest BCUT2D eigenvalue weighted by Crippen LogP contribution is 2.48. The van der Waals surface area contributed by atoms with Crippen LogP contribution in [-0.2, 0) is 0 Å². The van der Waals surface area contributed by atoms with Crippen LogP contribution < -0.4 is 21.1 Å². The molecule has 0 aliphatic carbocycles. The summed E-state index contributed by atoms with van der Waals surface area (Å²) < 4.78 is 48.1. The number of alkyl halides is 1. The Morgan fingerprint density at radius 2 is 1.98 bits per heavy atom. The first-order valence-electron chi connectivity index (χ1n) is 13.7. The fraction of sp³-hybridized carbons (Fsp3) is 0.310. The molecular weight excluding hydrogens is 565 g/mol. The monoisotopic (exact) mass is 592 g/mol. The van der Waals surface area contributed by atoms with E-state index in [1.807, 2.05) is 16.8 Å². The number of benzene rings is 1. The lowest BCUT2D eigenvalue weighted by Gasteiger charge is -2.30.